The molecule has 1 aromatic heterocycles. The first-order valence-electron chi connectivity index (χ1n) is 8.85. The van der Waals surface area contributed by atoms with Gasteiger partial charge in [-0.1, -0.05) is 6.07 Å². The summed E-state index contributed by atoms with van der Waals surface area (Å²) in [6.45, 7) is 1.49. The van der Waals surface area contributed by atoms with Gasteiger partial charge in [0.05, 0.1) is 4.90 Å². The first-order chi connectivity index (χ1) is 14.8. The Labute approximate surface area is 180 Å². The lowest BCUT2D eigenvalue weighted by Crippen LogP contribution is -2.18. The van der Waals surface area contributed by atoms with Gasteiger partial charge in [0.1, 0.15) is 17.1 Å². The molecule has 12 heteroatoms. The zero-order chi connectivity index (χ0) is 23.7. The van der Waals surface area contributed by atoms with Crippen LogP contribution in [0.5, 0.6) is 11.6 Å². The van der Waals surface area contributed by atoms with E-state index in [9.17, 15) is 30.8 Å². The number of aryl methyl sites for hydroxylation is 1. The van der Waals surface area contributed by atoms with Crippen LogP contribution in [0.25, 0.3) is 0 Å². The number of benzene rings is 2. The predicted octanol–water partition coefficient (Wildman–Crippen LogP) is 4.39. The van der Waals surface area contributed by atoms with Gasteiger partial charge >= 0.3 is 6.18 Å². The van der Waals surface area contributed by atoms with Crippen LogP contribution in [0.4, 0.5) is 23.2 Å². The van der Waals surface area contributed by atoms with Gasteiger partial charge in [-0.05, 0) is 55.0 Å². The molecule has 0 aliphatic rings. The van der Waals surface area contributed by atoms with Crippen LogP contribution < -0.4 is 10.1 Å². The van der Waals surface area contributed by atoms with E-state index in [-0.39, 0.29) is 16.3 Å². The number of nitrogens with one attached hydrogen (secondary N) is 1. The van der Waals surface area contributed by atoms with E-state index in [0.29, 0.717) is 11.6 Å². The monoisotopic (exact) mass is 469 g/mol. The Morgan fingerprint density at radius 2 is 1.78 bits per heavy atom. The minimum Gasteiger partial charge on any atom is -0.437 e. The lowest BCUT2D eigenvalue weighted by molar-refractivity contribution is -0.141. The Morgan fingerprint density at radius 1 is 1.06 bits per heavy atom. The Balaban J connectivity index is 2.01. The van der Waals surface area contributed by atoms with Crippen LogP contribution in [-0.4, -0.2) is 30.8 Å². The number of rotatable bonds is 5. The maximum Gasteiger partial charge on any atom is 0.435 e. The van der Waals surface area contributed by atoms with Crippen LogP contribution in [0.2, 0.25) is 0 Å². The summed E-state index contributed by atoms with van der Waals surface area (Å²) < 4.78 is 81.5. The Kier molecular flexibility index (Phi) is 6.17. The van der Waals surface area contributed by atoms with Gasteiger partial charge in [0.15, 0.2) is 15.5 Å². The Bertz CT molecular complexity index is 1290. The fourth-order valence-corrected chi connectivity index (χ4v) is 3.26. The summed E-state index contributed by atoms with van der Waals surface area (Å²) in [5.74, 6) is -2.11. The van der Waals surface area contributed by atoms with Crippen molar-refractivity contribution in [3.8, 4) is 11.6 Å². The van der Waals surface area contributed by atoms with Crippen LogP contribution in [0.15, 0.2) is 53.4 Å². The summed E-state index contributed by atoms with van der Waals surface area (Å²) in [6.07, 6.45) is -3.92. The van der Waals surface area contributed by atoms with Crippen molar-refractivity contribution in [1.82, 2.24) is 10.2 Å². The van der Waals surface area contributed by atoms with E-state index in [1.54, 1.807) is 0 Å². The highest BCUT2D eigenvalue weighted by Gasteiger charge is 2.35. The van der Waals surface area contributed by atoms with E-state index in [2.05, 4.69) is 15.5 Å². The number of carbonyl (C=O) groups is 1. The number of amides is 1. The largest absolute Gasteiger partial charge is 0.437 e. The third-order valence-electron chi connectivity index (χ3n) is 4.16. The zero-order valence-corrected chi connectivity index (χ0v) is 17.4. The Hall–Kier alpha value is -3.54. The van der Waals surface area contributed by atoms with Gasteiger partial charge in [0.2, 0.25) is 0 Å². The van der Waals surface area contributed by atoms with Crippen LogP contribution in [0.1, 0.15) is 21.6 Å². The van der Waals surface area contributed by atoms with E-state index in [1.807, 2.05) is 0 Å². The molecule has 0 radical (unpaired) electrons. The molecule has 168 valence electrons. The quantitative estimate of drug-likeness (QED) is 0.557. The molecular weight excluding hydrogens is 454 g/mol. The van der Waals surface area contributed by atoms with Crippen molar-refractivity contribution in [3.63, 3.8) is 0 Å². The minimum atomic E-state index is -4.89. The molecule has 0 aliphatic heterocycles. The van der Waals surface area contributed by atoms with Crippen molar-refractivity contribution in [3.05, 3.63) is 71.2 Å². The molecule has 0 saturated carbocycles. The van der Waals surface area contributed by atoms with Gasteiger partial charge < -0.3 is 10.1 Å². The predicted molar refractivity (Wildman–Crippen MR) is 106 cm³/mol. The second-order valence-corrected chi connectivity index (χ2v) is 8.73. The fourth-order valence-electron chi connectivity index (χ4n) is 2.59. The van der Waals surface area contributed by atoms with Crippen molar-refractivity contribution >= 4 is 21.4 Å². The smallest absolute Gasteiger partial charge is 0.435 e. The SMILES string of the molecule is Cc1cc(F)ccc1Oc1nnc(C(F)(F)F)cc1C(=O)Nc1cccc(S(C)(=O)=O)c1. The normalized spacial score (nSPS) is 11.8. The molecule has 1 amide bonds. The Morgan fingerprint density at radius 3 is 2.41 bits per heavy atom. The maximum absolute atomic E-state index is 13.3. The van der Waals surface area contributed by atoms with Gasteiger partial charge in [-0.3, -0.25) is 4.79 Å². The highest BCUT2D eigenvalue weighted by atomic mass is 32.2. The lowest BCUT2D eigenvalue weighted by Gasteiger charge is -2.14. The molecule has 3 rings (SSSR count). The average molecular weight is 469 g/mol. The van der Waals surface area contributed by atoms with Crippen molar-refractivity contribution in [2.24, 2.45) is 0 Å². The van der Waals surface area contributed by atoms with E-state index >= 15 is 0 Å². The van der Waals surface area contributed by atoms with Crippen LogP contribution in [0, 0.1) is 12.7 Å². The molecule has 0 aliphatic carbocycles. The third kappa shape index (κ3) is 5.38. The van der Waals surface area contributed by atoms with E-state index < -0.39 is 44.9 Å². The van der Waals surface area contributed by atoms with Crippen molar-refractivity contribution in [2.75, 3.05) is 11.6 Å². The molecular formula is C20H15F4N3O4S. The molecule has 0 fully saturated rings. The van der Waals surface area contributed by atoms with E-state index in [4.69, 9.17) is 4.74 Å². The van der Waals surface area contributed by atoms with Crippen LogP contribution in [0.3, 0.4) is 0 Å². The molecule has 0 saturated heterocycles. The topological polar surface area (TPSA) is 98.2 Å². The summed E-state index contributed by atoms with van der Waals surface area (Å²) in [7, 11) is -3.59. The molecule has 32 heavy (non-hydrogen) atoms. The number of hydrogen-bond acceptors (Lipinski definition) is 6. The summed E-state index contributed by atoms with van der Waals surface area (Å²) in [5.41, 5.74) is -1.72. The van der Waals surface area contributed by atoms with Gasteiger partial charge in [-0.25, -0.2) is 12.8 Å². The lowest BCUT2D eigenvalue weighted by atomic mass is 10.2. The van der Waals surface area contributed by atoms with Gasteiger partial charge in [0, 0.05) is 11.9 Å². The number of nitrogens with zero attached hydrogens (tertiary/aromatic N) is 2. The number of sulfone groups is 1. The molecule has 1 N–H and O–H groups in total. The molecule has 1 heterocycles. The zero-order valence-electron chi connectivity index (χ0n) is 16.6. The van der Waals surface area contributed by atoms with Gasteiger partial charge in [-0.2, -0.15) is 13.2 Å². The fraction of sp³-hybridized carbons (Fsp3) is 0.150. The second-order valence-electron chi connectivity index (χ2n) is 6.71. The highest BCUT2D eigenvalue weighted by Crippen LogP contribution is 2.32. The van der Waals surface area contributed by atoms with Gasteiger partial charge in [-0.15, -0.1) is 10.2 Å². The minimum absolute atomic E-state index is 0.0206. The first-order valence-corrected chi connectivity index (χ1v) is 10.7. The highest BCUT2D eigenvalue weighted by molar-refractivity contribution is 7.90. The number of halogens is 4. The maximum atomic E-state index is 13.3. The number of aromatic nitrogens is 2. The molecule has 0 unspecified atom stereocenters. The average Bonchev–Trinajstić information content (AvgIpc) is 2.69. The summed E-state index contributed by atoms with van der Waals surface area (Å²) in [5, 5.41) is 8.76. The number of hydrogen-bond donors (Lipinski definition) is 1. The first kappa shape index (κ1) is 23.1. The number of alkyl halides is 3. The molecule has 0 atom stereocenters. The van der Waals surface area contributed by atoms with Crippen LogP contribution in [-0.2, 0) is 16.0 Å². The standard InChI is InChI=1S/C20H15F4N3O4S/c1-11-8-12(21)6-7-16(11)31-19-15(10-17(26-27-19)20(22,23)24)18(28)25-13-4-3-5-14(9-13)32(2,29)30/h3-10H,1-2H3,(H,25,28). The van der Waals surface area contributed by atoms with E-state index in [0.717, 1.165) is 24.5 Å². The summed E-state index contributed by atoms with van der Waals surface area (Å²) in [6, 6.07) is 9.04. The van der Waals surface area contributed by atoms with Crippen molar-refractivity contribution in [1.29, 1.82) is 0 Å². The number of carbonyl (C=O) groups excluding carboxylic acids is 1. The van der Waals surface area contributed by atoms with E-state index in [1.165, 1.54) is 31.2 Å². The number of anilines is 1. The van der Waals surface area contributed by atoms with Gasteiger partial charge in [0.25, 0.3) is 11.8 Å². The molecule has 0 bridgehead atoms. The molecule has 2 aromatic carbocycles. The van der Waals surface area contributed by atoms with Crippen molar-refractivity contribution < 1.29 is 35.5 Å². The molecule has 3 aromatic rings. The molecule has 0 spiro atoms. The third-order valence-corrected chi connectivity index (χ3v) is 5.27. The summed E-state index contributed by atoms with van der Waals surface area (Å²) >= 11 is 0. The molecule has 7 nitrogen and oxygen atoms in total. The number of ether oxygens (including phenoxy) is 1. The second kappa shape index (κ2) is 8.54. The summed E-state index contributed by atoms with van der Waals surface area (Å²) in [4.78, 5) is 12.7. The van der Waals surface area contributed by atoms with Crippen molar-refractivity contribution in [2.45, 2.75) is 18.0 Å². The van der Waals surface area contributed by atoms with Crippen LogP contribution >= 0.6 is 0 Å².